The maximum Gasteiger partial charge on any atom is 0.319 e. The Bertz CT molecular complexity index is 678. The van der Waals surface area contributed by atoms with E-state index in [0.717, 1.165) is 23.9 Å². The first kappa shape index (κ1) is 17.5. The third-order valence-corrected chi connectivity index (χ3v) is 2.97. The maximum absolute atomic E-state index is 13.4. The van der Waals surface area contributed by atoms with Crippen molar-refractivity contribution in [2.75, 3.05) is 25.1 Å². The Morgan fingerprint density at radius 1 is 1.04 bits per heavy atom. The van der Waals surface area contributed by atoms with Gasteiger partial charge in [-0.2, -0.15) is 0 Å². The van der Waals surface area contributed by atoms with Gasteiger partial charge in [-0.1, -0.05) is 0 Å². The number of urea groups is 1. The molecule has 2 aromatic carbocycles. The van der Waals surface area contributed by atoms with Crippen LogP contribution in [0.25, 0.3) is 0 Å². The molecule has 0 saturated heterocycles. The number of carbonyl (C=O) groups excluding carboxylic acids is 1. The smallest absolute Gasteiger partial charge is 0.319 e. The highest BCUT2D eigenvalue weighted by molar-refractivity contribution is 5.89. The molecule has 0 fully saturated rings. The van der Waals surface area contributed by atoms with Crippen molar-refractivity contribution in [3.63, 3.8) is 0 Å². The lowest BCUT2D eigenvalue weighted by atomic mass is 10.3. The second-order valence-corrected chi connectivity index (χ2v) is 4.76. The summed E-state index contributed by atoms with van der Waals surface area (Å²) in [6, 6.07) is 9.27. The number of halogens is 2. The second-order valence-electron chi connectivity index (χ2n) is 4.76. The second kappa shape index (κ2) is 8.71. The molecule has 24 heavy (non-hydrogen) atoms. The van der Waals surface area contributed by atoms with Crippen LogP contribution in [0.2, 0.25) is 0 Å². The molecule has 2 rings (SSSR count). The van der Waals surface area contributed by atoms with Gasteiger partial charge in [0.15, 0.2) is 0 Å². The first-order chi connectivity index (χ1) is 11.6. The highest BCUT2D eigenvalue weighted by Crippen LogP contribution is 2.17. The van der Waals surface area contributed by atoms with Crippen LogP contribution in [-0.4, -0.2) is 25.8 Å². The highest BCUT2D eigenvalue weighted by atomic mass is 19.1. The Labute approximate surface area is 138 Å². The summed E-state index contributed by atoms with van der Waals surface area (Å²) >= 11 is 0. The van der Waals surface area contributed by atoms with Crippen molar-refractivity contribution in [3.05, 3.63) is 54.1 Å². The summed E-state index contributed by atoms with van der Waals surface area (Å²) in [6.07, 6.45) is 0. The van der Waals surface area contributed by atoms with Gasteiger partial charge in [-0.3, -0.25) is 0 Å². The van der Waals surface area contributed by atoms with E-state index >= 15 is 0 Å². The first-order valence-corrected chi connectivity index (χ1v) is 7.44. The van der Waals surface area contributed by atoms with E-state index in [-0.39, 0.29) is 18.8 Å². The fourth-order valence-corrected chi connectivity index (χ4v) is 1.89. The van der Waals surface area contributed by atoms with Crippen LogP contribution in [0.15, 0.2) is 42.5 Å². The van der Waals surface area contributed by atoms with Crippen molar-refractivity contribution in [2.45, 2.75) is 6.92 Å². The number of ether oxygens (including phenoxy) is 2. The van der Waals surface area contributed by atoms with Gasteiger partial charge in [-0.05, 0) is 43.3 Å². The fourth-order valence-electron chi connectivity index (χ4n) is 1.89. The van der Waals surface area contributed by atoms with Crippen molar-refractivity contribution >= 4 is 11.7 Å². The molecule has 2 N–H and O–H groups in total. The molecule has 0 atom stereocenters. The predicted octanol–water partition coefficient (Wildman–Crippen LogP) is 3.56. The Balaban J connectivity index is 1.71. The van der Waals surface area contributed by atoms with E-state index in [0.29, 0.717) is 12.4 Å². The van der Waals surface area contributed by atoms with Gasteiger partial charge in [-0.25, -0.2) is 13.6 Å². The van der Waals surface area contributed by atoms with E-state index in [4.69, 9.17) is 9.47 Å². The molecule has 0 aromatic heterocycles. The molecule has 0 spiro atoms. The van der Waals surface area contributed by atoms with Crippen LogP contribution in [0.1, 0.15) is 6.92 Å². The van der Waals surface area contributed by atoms with Crippen LogP contribution in [0, 0.1) is 11.6 Å². The van der Waals surface area contributed by atoms with E-state index in [1.807, 2.05) is 6.92 Å². The lowest BCUT2D eigenvalue weighted by molar-refractivity contribution is 0.247. The molecule has 2 amide bonds. The van der Waals surface area contributed by atoms with Crippen molar-refractivity contribution in [2.24, 2.45) is 0 Å². The lowest BCUT2D eigenvalue weighted by Gasteiger charge is -2.10. The zero-order chi connectivity index (χ0) is 17.4. The molecule has 0 aliphatic rings. The summed E-state index contributed by atoms with van der Waals surface area (Å²) in [5, 5.41) is 4.72. The van der Waals surface area contributed by atoms with Crippen molar-refractivity contribution in [3.8, 4) is 11.5 Å². The predicted molar refractivity (Wildman–Crippen MR) is 86.5 cm³/mol. The van der Waals surface area contributed by atoms with Crippen molar-refractivity contribution in [1.29, 1.82) is 0 Å². The minimum atomic E-state index is -0.711. The zero-order valence-corrected chi connectivity index (χ0v) is 13.1. The number of rotatable bonds is 7. The zero-order valence-electron chi connectivity index (χ0n) is 13.1. The van der Waals surface area contributed by atoms with Crippen molar-refractivity contribution < 1.29 is 23.0 Å². The number of hydrogen-bond donors (Lipinski definition) is 2. The summed E-state index contributed by atoms with van der Waals surface area (Å²) in [4.78, 5) is 11.6. The minimum Gasteiger partial charge on any atom is -0.494 e. The van der Waals surface area contributed by atoms with Crippen LogP contribution in [0.5, 0.6) is 11.5 Å². The monoisotopic (exact) mass is 336 g/mol. The fraction of sp³-hybridized carbons (Fsp3) is 0.235. The molecule has 0 aliphatic carbocycles. The van der Waals surface area contributed by atoms with E-state index in [2.05, 4.69) is 10.6 Å². The van der Waals surface area contributed by atoms with Gasteiger partial charge in [0, 0.05) is 6.07 Å². The maximum atomic E-state index is 13.4. The van der Waals surface area contributed by atoms with Crippen LogP contribution in [-0.2, 0) is 0 Å². The van der Waals surface area contributed by atoms with E-state index in [1.165, 1.54) is 0 Å². The standard InChI is InChI=1S/C17H18F2N2O3/c1-2-23-13-4-6-14(7-5-13)24-10-9-20-17(22)21-16-11-12(18)3-8-15(16)19/h3-8,11H,2,9-10H2,1H3,(H2,20,21,22). The number of carbonyl (C=O) groups is 1. The van der Waals surface area contributed by atoms with Crippen LogP contribution < -0.4 is 20.1 Å². The summed E-state index contributed by atoms with van der Waals surface area (Å²) in [6.45, 7) is 2.92. The lowest BCUT2D eigenvalue weighted by Crippen LogP contribution is -2.32. The Kier molecular flexibility index (Phi) is 6.36. The average molecular weight is 336 g/mol. The summed E-state index contributed by atoms with van der Waals surface area (Å²) in [5.41, 5.74) is -0.222. The van der Waals surface area contributed by atoms with Gasteiger partial charge in [0.05, 0.1) is 18.8 Å². The molecule has 7 heteroatoms. The summed E-state index contributed by atoms with van der Waals surface area (Å²) in [7, 11) is 0. The minimum absolute atomic E-state index is 0.204. The number of benzene rings is 2. The van der Waals surface area contributed by atoms with Gasteiger partial charge in [0.25, 0.3) is 0 Å². The number of nitrogens with one attached hydrogen (secondary N) is 2. The van der Waals surface area contributed by atoms with Gasteiger partial charge >= 0.3 is 6.03 Å². The van der Waals surface area contributed by atoms with E-state index in [9.17, 15) is 13.6 Å². The SMILES string of the molecule is CCOc1ccc(OCCNC(=O)Nc2cc(F)ccc2F)cc1. The topological polar surface area (TPSA) is 59.6 Å². The Morgan fingerprint density at radius 3 is 2.38 bits per heavy atom. The molecule has 2 aromatic rings. The number of anilines is 1. The van der Waals surface area contributed by atoms with Crippen molar-refractivity contribution in [1.82, 2.24) is 5.32 Å². The van der Waals surface area contributed by atoms with Gasteiger partial charge in [0.2, 0.25) is 0 Å². The summed E-state index contributed by atoms with van der Waals surface area (Å²) < 4.78 is 37.1. The molecule has 5 nitrogen and oxygen atoms in total. The third kappa shape index (κ3) is 5.42. The quantitative estimate of drug-likeness (QED) is 0.760. The van der Waals surface area contributed by atoms with Gasteiger partial charge in [-0.15, -0.1) is 0 Å². The molecular weight excluding hydrogens is 318 g/mol. The number of amides is 2. The largest absolute Gasteiger partial charge is 0.494 e. The van der Waals surface area contributed by atoms with Crippen LogP contribution in [0.3, 0.4) is 0 Å². The normalized spacial score (nSPS) is 10.1. The highest BCUT2D eigenvalue weighted by Gasteiger charge is 2.07. The molecular formula is C17H18F2N2O3. The Morgan fingerprint density at radius 2 is 1.71 bits per heavy atom. The van der Waals surface area contributed by atoms with Gasteiger partial charge < -0.3 is 20.1 Å². The van der Waals surface area contributed by atoms with E-state index < -0.39 is 17.7 Å². The first-order valence-electron chi connectivity index (χ1n) is 7.44. The van der Waals surface area contributed by atoms with E-state index in [1.54, 1.807) is 24.3 Å². The molecule has 128 valence electrons. The van der Waals surface area contributed by atoms with Gasteiger partial charge in [0.1, 0.15) is 29.7 Å². The molecule has 0 heterocycles. The number of hydrogen-bond acceptors (Lipinski definition) is 3. The Hall–Kier alpha value is -2.83. The molecule has 0 aliphatic heterocycles. The average Bonchev–Trinajstić information content (AvgIpc) is 2.57. The molecule has 0 saturated carbocycles. The summed E-state index contributed by atoms with van der Waals surface area (Å²) in [5.74, 6) is 0.0408. The van der Waals surface area contributed by atoms with Crippen LogP contribution >= 0.6 is 0 Å². The third-order valence-electron chi connectivity index (χ3n) is 2.97. The molecule has 0 bridgehead atoms. The molecule has 0 radical (unpaired) electrons. The van der Waals surface area contributed by atoms with Crippen LogP contribution in [0.4, 0.5) is 19.3 Å². The molecule has 0 unspecified atom stereocenters.